The first kappa shape index (κ1) is 8.26. The lowest BCUT2D eigenvalue weighted by Gasteiger charge is -2.55. The second-order valence-electron chi connectivity index (χ2n) is 3.88. The number of hydrogen-bond acceptors (Lipinski definition) is 2. The van der Waals surface area contributed by atoms with E-state index >= 15 is 0 Å². The highest BCUT2D eigenvalue weighted by Crippen LogP contribution is 2.36. The maximum Gasteiger partial charge on any atom is 0.0476 e. The molecule has 64 valence electrons. The molecule has 0 radical (unpaired) electrons. The van der Waals surface area contributed by atoms with Crippen molar-refractivity contribution in [2.75, 3.05) is 26.7 Å². The topological polar surface area (TPSA) is 6.48 Å². The second-order valence-corrected chi connectivity index (χ2v) is 5.25. The van der Waals surface area contributed by atoms with Gasteiger partial charge in [-0.2, -0.15) is 0 Å². The molecule has 0 aliphatic carbocycles. The summed E-state index contributed by atoms with van der Waals surface area (Å²) < 4.78 is 2.39. The summed E-state index contributed by atoms with van der Waals surface area (Å²) in [4.78, 5) is 2.56. The summed E-state index contributed by atoms with van der Waals surface area (Å²) in [5.74, 6) is 0. The second kappa shape index (κ2) is 2.85. The Balaban J connectivity index is 2.00. The molecule has 2 nitrogen and oxygen atoms in total. The van der Waals surface area contributed by atoms with E-state index in [1.165, 1.54) is 38.9 Å². The van der Waals surface area contributed by atoms with Gasteiger partial charge in [0.05, 0.1) is 0 Å². The molecule has 0 amide bonds. The van der Waals surface area contributed by atoms with Gasteiger partial charge in [-0.05, 0) is 26.4 Å². The van der Waals surface area contributed by atoms with Crippen LogP contribution in [0.2, 0.25) is 0 Å². The summed E-state index contributed by atoms with van der Waals surface area (Å²) in [6.07, 6.45) is 4.26. The lowest BCUT2D eigenvalue weighted by atomic mass is 9.82. The monoisotopic (exact) mass is 266 g/mol. The predicted octanol–water partition coefficient (Wildman–Crippen LogP) is 1.51. The summed E-state index contributed by atoms with van der Waals surface area (Å²) >= 11 is 2.42. The lowest BCUT2D eigenvalue weighted by molar-refractivity contribution is -0.0105. The van der Waals surface area contributed by atoms with Gasteiger partial charge in [0.25, 0.3) is 0 Å². The van der Waals surface area contributed by atoms with Gasteiger partial charge in [0.1, 0.15) is 0 Å². The first-order valence-corrected chi connectivity index (χ1v) is 5.31. The number of nitrogens with zero attached hydrogens (tertiary/aromatic N) is 2. The zero-order chi connectivity index (χ0) is 7.90. The van der Waals surface area contributed by atoms with Gasteiger partial charge in [0.2, 0.25) is 0 Å². The van der Waals surface area contributed by atoms with Gasteiger partial charge in [0, 0.05) is 41.5 Å². The summed E-state index contributed by atoms with van der Waals surface area (Å²) in [6, 6.07) is 0. The highest BCUT2D eigenvalue weighted by molar-refractivity contribution is 14.1. The van der Waals surface area contributed by atoms with Gasteiger partial charge in [-0.25, -0.2) is 3.11 Å². The van der Waals surface area contributed by atoms with Crippen molar-refractivity contribution >= 4 is 22.9 Å². The van der Waals surface area contributed by atoms with Crippen LogP contribution in [-0.4, -0.2) is 40.2 Å². The Labute approximate surface area is 82.4 Å². The first-order valence-electron chi connectivity index (χ1n) is 4.35. The highest BCUT2D eigenvalue weighted by Gasteiger charge is 2.45. The van der Waals surface area contributed by atoms with Crippen molar-refractivity contribution in [2.24, 2.45) is 0 Å². The lowest BCUT2D eigenvalue weighted by Crippen LogP contribution is -2.67. The molecule has 0 aromatic carbocycles. The van der Waals surface area contributed by atoms with E-state index in [0.29, 0.717) is 5.54 Å². The van der Waals surface area contributed by atoms with Crippen molar-refractivity contribution in [2.45, 2.75) is 24.8 Å². The van der Waals surface area contributed by atoms with Gasteiger partial charge in [-0.3, -0.25) is 4.90 Å². The van der Waals surface area contributed by atoms with Crippen molar-refractivity contribution in [3.8, 4) is 0 Å². The number of likely N-dealkylation sites (tertiary alicyclic amines) is 1. The van der Waals surface area contributed by atoms with E-state index in [4.69, 9.17) is 0 Å². The van der Waals surface area contributed by atoms with E-state index in [1.807, 2.05) is 0 Å². The molecule has 0 N–H and O–H groups in total. The van der Waals surface area contributed by atoms with Gasteiger partial charge < -0.3 is 0 Å². The van der Waals surface area contributed by atoms with Crippen LogP contribution in [0.1, 0.15) is 19.3 Å². The van der Waals surface area contributed by atoms with E-state index in [0.717, 1.165) is 0 Å². The SMILES string of the molecule is CN1CCCCC12CN(I)C2. The molecule has 2 heterocycles. The Morgan fingerprint density at radius 3 is 2.55 bits per heavy atom. The Hall–Kier alpha value is 0.650. The Morgan fingerprint density at radius 2 is 2.00 bits per heavy atom. The minimum atomic E-state index is 0.583. The molecular weight excluding hydrogens is 251 g/mol. The zero-order valence-electron chi connectivity index (χ0n) is 7.02. The largest absolute Gasteiger partial charge is 0.298 e. The van der Waals surface area contributed by atoms with Crippen LogP contribution in [-0.2, 0) is 0 Å². The molecule has 2 aliphatic rings. The number of halogens is 1. The van der Waals surface area contributed by atoms with Crippen molar-refractivity contribution in [3.63, 3.8) is 0 Å². The zero-order valence-corrected chi connectivity index (χ0v) is 9.17. The summed E-state index contributed by atoms with van der Waals surface area (Å²) in [7, 11) is 2.28. The van der Waals surface area contributed by atoms with Crippen LogP contribution in [0.15, 0.2) is 0 Å². The van der Waals surface area contributed by atoms with Gasteiger partial charge >= 0.3 is 0 Å². The third kappa shape index (κ3) is 1.31. The minimum Gasteiger partial charge on any atom is -0.298 e. The van der Waals surface area contributed by atoms with Crippen LogP contribution in [0.3, 0.4) is 0 Å². The van der Waals surface area contributed by atoms with E-state index < -0.39 is 0 Å². The number of likely N-dealkylation sites (N-methyl/N-ethyl adjacent to an activating group) is 1. The predicted molar refractivity (Wildman–Crippen MR) is 54.8 cm³/mol. The summed E-state index contributed by atoms with van der Waals surface area (Å²) in [5.41, 5.74) is 0.583. The van der Waals surface area contributed by atoms with Crippen molar-refractivity contribution in [1.29, 1.82) is 0 Å². The van der Waals surface area contributed by atoms with Crippen LogP contribution >= 0.6 is 22.9 Å². The fourth-order valence-electron chi connectivity index (χ4n) is 2.22. The molecule has 0 saturated carbocycles. The molecule has 0 bridgehead atoms. The van der Waals surface area contributed by atoms with E-state index in [-0.39, 0.29) is 0 Å². The van der Waals surface area contributed by atoms with Crippen LogP contribution in [0.5, 0.6) is 0 Å². The van der Waals surface area contributed by atoms with Crippen molar-refractivity contribution < 1.29 is 0 Å². The molecule has 3 heteroatoms. The third-order valence-corrected chi connectivity index (χ3v) is 3.81. The molecule has 0 aromatic heterocycles. The average Bonchev–Trinajstić information content (AvgIpc) is 1.92. The van der Waals surface area contributed by atoms with Crippen molar-refractivity contribution in [3.05, 3.63) is 0 Å². The Bertz CT molecular complexity index is 149. The van der Waals surface area contributed by atoms with Crippen LogP contribution in [0.25, 0.3) is 0 Å². The van der Waals surface area contributed by atoms with Crippen LogP contribution in [0, 0.1) is 0 Å². The highest BCUT2D eigenvalue weighted by atomic mass is 127. The van der Waals surface area contributed by atoms with Gasteiger partial charge in [0.15, 0.2) is 0 Å². The van der Waals surface area contributed by atoms with Crippen LogP contribution in [0.4, 0.5) is 0 Å². The summed E-state index contributed by atoms with van der Waals surface area (Å²) in [6.45, 7) is 3.87. The van der Waals surface area contributed by atoms with E-state index in [9.17, 15) is 0 Å². The summed E-state index contributed by atoms with van der Waals surface area (Å²) in [5, 5.41) is 0. The first-order chi connectivity index (χ1) is 5.23. The number of hydrogen-bond donors (Lipinski definition) is 0. The standard InChI is InChI=1S/C8H15IN2/c1-10-5-3-2-4-8(10)6-11(9)7-8/h2-7H2,1H3. The molecule has 0 atom stereocenters. The molecular formula is C8H15IN2. The van der Waals surface area contributed by atoms with E-state index in [1.54, 1.807) is 0 Å². The van der Waals surface area contributed by atoms with Gasteiger partial charge in [-0.15, -0.1) is 0 Å². The molecule has 0 aromatic rings. The molecule has 2 rings (SSSR count). The quantitative estimate of drug-likeness (QED) is 0.484. The smallest absolute Gasteiger partial charge is 0.0476 e. The normalized spacial score (nSPS) is 32.2. The fourth-order valence-corrected chi connectivity index (χ4v) is 3.49. The maximum atomic E-state index is 2.56. The number of rotatable bonds is 0. The molecule has 0 unspecified atom stereocenters. The van der Waals surface area contributed by atoms with Crippen LogP contribution < -0.4 is 0 Å². The molecule has 2 fully saturated rings. The molecule has 11 heavy (non-hydrogen) atoms. The number of piperidine rings is 1. The fraction of sp³-hybridized carbons (Fsp3) is 1.00. The van der Waals surface area contributed by atoms with Crippen molar-refractivity contribution in [1.82, 2.24) is 8.01 Å². The Morgan fingerprint density at radius 1 is 1.27 bits per heavy atom. The maximum absolute atomic E-state index is 2.56. The van der Waals surface area contributed by atoms with Gasteiger partial charge in [-0.1, -0.05) is 6.42 Å². The average molecular weight is 266 g/mol. The minimum absolute atomic E-state index is 0.583. The third-order valence-electron chi connectivity index (χ3n) is 3.13. The Kier molecular flexibility index (Phi) is 2.14. The van der Waals surface area contributed by atoms with E-state index in [2.05, 4.69) is 37.9 Å². The molecule has 2 aliphatic heterocycles. The molecule has 2 saturated heterocycles. The molecule has 1 spiro atoms.